The van der Waals surface area contributed by atoms with Crippen molar-refractivity contribution in [2.75, 3.05) is 20.6 Å². The minimum atomic E-state index is 0.744. The van der Waals surface area contributed by atoms with E-state index in [1.807, 2.05) is 19.0 Å². The number of amidine groups is 1. The smallest absolute Gasteiger partial charge is 0.143 e. The molecule has 5 heteroatoms. The number of aliphatic imine (C=N–C) groups is 1. The lowest BCUT2D eigenvalue weighted by Gasteiger charge is -2.07. The Morgan fingerprint density at radius 2 is 1.93 bits per heavy atom. The Hall–Kier alpha value is -1.75. The molecular formula is C10H12N5. The highest BCUT2D eigenvalue weighted by atomic mass is 15.1. The summed E-state index contributed by atoms with van der Waals surface area (Å²) in [6.07, 6.45) is 6.71. The zero-order chi connectivity index (χ0) is 10.7. The molecule has 2 heterocycles. The third-order valence-electron chi connectivity index (χ3n) is 1.90. The third-order valence-corrected chi connectivity index (χ3v) is 1.90. The van der Waals surface area contributed by atoms with Gasteiger partial charge in [-0.1, -0.05) is 0 Å². The Labute approximate surface area is 88.6 Å². The van der Waals surface area contributed by atoms with Gasteiger partial charge in [0.15, 0.2) is 0 Å². The van der Waals surface area contributed by atoms with Crippen molar-refractivity contribution in [1.29, 1.82) is 0 Å². The van der Waals surface area contributed by atoms with Crippen LogP contribution in [0.2, 0.25) is 0 Å². The molecule has 0 atom stereocenters. The zero-order valence-corrected chi connectivity index (χ0v) is 8.75. The van der Waals surface area contributed by atoms with Gasteiger partial charge in [0, 0.05) is 18.0 Å². The summed E-state index contributed by atoms with van der Waals surface area (Å²) in [6, 6.07) is 0. The SMILES string of the molecule is CN(C)CC1=NC(c2cncnc2)=C[N]1. The normalized spacial score (nSPS) is 14.9. The molecule has 0 aromatic carbocycles. The van der Waals surface area contributed by atoms with Gasteiger partial charge in [0.25, 0.3) is 0 Å². The van der Waals surface area contributed by atoms with Gasteiger partial charge in [-0.3, -0.25) is 0 Å². The number of nitrogens with zero attached hydrogens (tertiary/aromatic N) is 5. The van der Waals surface area contributed by atoms with E-state index in [9.17, 15) is 0 Å². The minimum Gasteiger partial charge on any atom is -0.302 e. The Balaban J connectivity index is 2.11. The fraction of sp³-hybridized carbons (Fsp3) is 0.300. The molecule has 2 rings (SSSR count). The van der Waals surface area contributed by atoms with Crippen LogP contribution in [0.25, 0.3) is 5.70 Å². The van der Waals surface area contributed by atoms with Crippen LogP contribution in [-0.2, 0) is 0 Å². The lowest BCUT2D eigenvalue weighted by atomic mass is 10.3. The van der Waals surface area contributed by atoms with Gasteiger partial charge in [-0.2, -0.15) is 0 Å². The molecule has 0 amide bonds. The van der Waals surface area contributed by atoms with Crippen LogP contribution in [0.5, 0.6) is 0 Å². The first-order valence-electron chi connectivity index (χ1n) is 4.64. The molecule has 15 heavy (non-hydrogen) atoms. The lowest BCUT2D eigenvalue weighted by molar-refractivity contribution is 0.466. The number of rotatable bonds is 3. The van der Waals surface area contributed by atoms with Gasteiger partial charge in [-0.05, 0) is 14.1 Å². The molecular weight excluding hydrogens is 190 g/mol. The number of likely N-dealkylation sites (N-methyl/N-ethyl adjacent to an activating group) is 1. The maximum absolute atomic E-state index is 4.39. The van der Waals surface area contributed by atoms with Gasteiger partial charge in [0.2, 0.25) is 0 Å². The molecule has 0 unspecified atom stereocenters. The van der Waals surface area contributed by atoms with E-state index >= 15 is 0 Å². The van der Waals surface area contributed by atoms with Crippen LogP contribution >= 0.6 is 0 Å². The first-order valence-corrected chi connectivity index (χ1v) is 4.64. The summed E-state index contributed by atoms with van der Waals surface area (Å²) in [4.78, 5) is 14.3. The minimum absolute atomic E-state index is 0.744. The Kier molecular flexibility index (Phi) is 2.73. The fourth-order valence-corrected chi connectivity index (χ4v) is 1.26. The third kappa shape index (κ3) is 2.38. The zero-order valence-electron chi connectivity index (χ0n) is 8.75. The quantitative estimate of drug-likeness (QED) is 0.710. The Morgan fingerprint density at radius 3 is 2.60 bits per heavy atom. The van der Waals surface area contributed by atoms with E-state index in [4.69, 9.17) is 0 Å². The van der Waals surface area contributed by atoms with Crippen LogP contribution < -0.4 is 5.32 Å². The fourth-order valence-electron chi connectivity index (χ4n) is 1.26. The van der Waals surface area contributed by atoms with E-state index in [1.165, 1.54) is 6.33 Å². The lowest BCUT2D eigenvalue weighted by Crippen LogP contribution is -2.24. The second-order valence-corrected chi connectivity index (χ2v) is 3.54. The molecule has 5 nitrogen and oxygen atoms in total. The van der Waals surface area contributed by atoms with E-state index in [2.05, 4.69) is 20.3 Å². The predicted molar refractivity (Wildman–Crippen MR) is 58.1 cm³/mol. The van der Waals surface area contributed by atoms with E-state index < -0.39 is 0 Å². The van der Waals surface area contributed by atoms with Gasteiger partial charge in [0.05, 0.1) is 18.4 Å². The van der Waals surface area contributed by atoms with Crippen molar-refractivity contribution in [1.82, 2.24) is 20.2 Å². The number of aromatic nitrogens is 2. The molecule has 0 spiro atoms. The van der Waals surface area contributed by atoms with Gasteiger partial charge >= 0.3 is 0 Å². The summed E-state index contributed by atoms with van der Waals surface area (Å²) in [7, 11) is 3.98. The maximum atomic E-state index is 4.39. The molecule has 0 aliphatic carbocycles. The van der Waals surface area contributed by atoms with Gasteiger partial charge in [-0.25, -0.2) is 20.3 Å². The van der Waals surface area contributed by atoms with Crippen LogP contribution in [0.4, 0.5) is 0 Å². The summed E-state index contributed by atoms with van der Waals surface area (Å²) >= 11 is 0. The van der Waals surface area contributed by atoms with E-state index in [0.717, 1.165) is 23.6 Å². The molecule has 0 N–H and O–H groups in total. The highest BCUT2D eigenvalue weighted by Gasteiger charge is 2.12. The number of hydrogen-bond acceptors (Lipinski definition) is 4. The van der Waals surface area contributed by atoms with Crippen molar-refractivity contribution in [3.05, 3.63) is 30.5 Å². The number of hydrogen-bond donors (Lipinski definition) is 0. The molecule has 77 valence electrons. The second kappa shape index (κ2) is 4.18. The average molecular weight is 202 g/mol. The maximum Gasteiger partial charge on any atom is 0.143 e. The van der Waals surface area contributed by atoms with Crippen molar-refractivity contribution in [2.24, 2.45) is 4.99 Å². The van der Waals surface area contributed by atoms with Crippen molar-refractivity contribution in [3.63, 3.8) is 0 Å². The van der Waals surface area contributed by atoms with Crippen molar-refractivity contribution in [2.45, 2.75) is 0 Å². The van der Waals surface area contributed by atoms with Crippen molar-refractivity contribution >= 4 is 11.5 Å². The molecule has 0 saturated heterocycles. The first-order chi connectivity index (χ1) is 7.25. The summed E-state index contributed by atoms with van der Waals surface area (Å²) in [5.74, 6) is 0.818. The molecule has 1 radical (unpaired) electrons. The summed E-state index contributed by atoms with van der Waals surface area (Å²) in [5.41, 5.74) is 1.72. The standard InChI is InChI=1S/C10H12N5/c1-15(2)6-10-13-5-9(14-10)8-3-11-7-12-4-8/h3-5,7H,6H2,1-2H3. The van der Waals surface area contributed by atoms with Crippen molar-refractivity contribution < 1.29 is 0 Å². The summed E-state index contributed by atoms with van der Waals surface area (Å²) < 4.78 is 0. The molecule has 0 fully saturated rings. The van der Waals surface area contributed by atoms with Crippen LogP contribution in [0, 0.1) is 0 Å². The van der Waals surface area contributed by atoms with Crippen molar-refractivity contribution in [3.8, 4) is 0 Å². The van der Waals surface area contributed by atoms with Crippen LogP contribution in [0.1, 0.15) is 5.56 Å². The molecule has 0 bridgehead atoms. The average Bonchev–Trinajstić information content (AvgIpc) is 2.67. The largest absolute Gasteiger partial charge is 0.302 e. The molecule has 1 aromatic rings. The Morgan fingerprint density at radius 1 is 1.20 bits per heavy atom. The molecule has 1 aliphatic heterocycles. The van der Waals surface area contributed by atoms with Crippen LogP contribution in [-0.4, -0.2) is 41.3 Å². The van der Waals surface area contributed by atoms with E-state index in [1.54, 1.807) is 18.6 Å². The Bertz CT molecular complexity index is 394. The molecule has 1 aliphatic rings. The first kappa shape index (κ1) is 9.79. The second-order valence-electron chi connectivity index (χ2n) is 3.54. The van der Waals surface area contributed by atoms with Crippen LogP contribution in [0.3, 0.4) is 0 Å². The highest BCUT2D eigenvalue weighted by molar-refractivity contribution is 5.94. The molecule has 0 saturated carbocycles. The monoisotopic (exact) mass is 202 g/mol. The summed E-state index contributed by atoms with van der Waals surface area (Å²) in [5, 5.41) is 4.22. The summed E-state index contributed by atoms with van der Waals surface area (Å²) in [6.45, 7) is 0.744. The van der Waals surface area contributed by atoms with Crippen LogP contribution in [0.15, 0.2) is 29.9 Å². The van der Waals surface area contributed by atoms with Gasteiger partial charge < -0.3 is 4.90 Å². The highest BCUT2D eigenvalue weighted by Crippen LogP contribution is 2.16. The molecule has 1 aromatic heterocycles. The topological polar surface area (TPSA) is 55.5 Å². The van der Waals surface area contributed by atoms with E-state index in [-0.39, 0.29) is 0 Å². The van der Waals surface area contributed by atoms with E-state index in [0.29, 0.717) is 0 Å². The predicted octanol–water partition coefficient (Wildman–Crippen LogP) is 0.353. The van der Waals surface area contributed by atoms with Gasteiger partial charge in [-0.15, -0.1) is 0 Å². The van der Waals surface area contributed by atoms with Gasteiger partial charge in [0.1, 0.15) is 12.2 Å².